The molecule has 1 aliphatic heterocycles. The predicted octanol–water partition coefficient (Wildman–Crippen LogP) is 1.37. The van der Waals surface area contributed by atoms with E-state index in [4.69, 9.17) is 4.84 Å². The number of hydroxylamine groups is 1. The van der Waals surface area contributed by atoms with Crippen LogP contribution < -0.4 is 5.48 Å². The zero-order valence-corrected chi connectivity index (χ0v) is 9.36. The topological polar surface area (TPSA) is 24.5 Å². The molecule has 0 aliphatic carbocycles. The average Bonchev–Trinajstić information content (AvgIpc) is 2.23. The predicted molar refractivity (Wildman–Crippen MR) is 60.5 cm³/mol. The molecule has 3 heteroatoms. The van der Waals surface area contributed by atoms with Gasteiger partial charge in [0.15, 0.2) is 0 Å². The average molecular weight is 206 g/mol. The van der Waals surface area contributed by atoms with Crippen LogP contribution in [0.4, 0.5) is 0 Å². The van der Waals surface area contributed by atoms with Gasteiger partial charge in [-0.25, -0.2) is 0 Å². The van der Waals surface area contributed by atoms with E-state index in [-0.39, 0.29) is 0 Å². The highest BCUT2D eigenvalue weighted by Crippen LogP contribution is 2.28. The molecule has 2 rings (SSSR count). The minimum atomic E-state index is 0.699. The molecule has 1 saturated heterocycles. The Morgan fingerprint density at radius 2 is 2.13 bits per heavy atom. The number of hydrogen-bond donors (Lipinski definition) is 1. The van der Waals surface area contributed by atoms with Crippen molar-refractivity contribution in [2.24, 2.45) is 0 Å². The molecule has 3 nitrogen and oxygen atoms in total. The third kappa shape index (κ3) is 2.37. The molecule has 0 radical (unpaired) electrons. The van der Waals surface area contributed by atoms with E-state index in [0.717, 1.165) is 6.54 Å². The summed E-state index contributed by atoms with van der Waals surface area (Å²) in [6.45, 7) is 3.13. The first-order chi connectivity index (χ1) is 7.31. The lowest BCUT2D eigenvalue weighted by Crippen LogP contribution is -2.42. The van der Waals surface area contributed by atoms with Gasteiger partial charge in [-0.05, 0) is 18.2 Å². The van der Waals surface area contributed by atoms with Crippen molar-refractivity contribution in [2.75, 3.05) is 27.2 Å². The first kappa shape index (κ1) is 10.6. The molecular weight excluding hydrogens is 188 g/mol. The summed E-state index contributed by atoms with van der Waals surface area (Å²) in [7, 11) is 3.81. The number of benzene rings is 1. The standard InChI is InChI=1S/C12H18N2O/c1-14-8-11(9-14)12-6-4-3-5-10(12)7-13-15-2/h3-6,11,13H,7-9H2,1-2H3. The van der Waals surface area contributed by atoms with Crippen LogP contribution in [0.25, 0.3) is 0 Å². The zero-order valence-electron chi connectivity index (χ0n) is 9.36. The van der Waals surface area contributed by atoms with Crippen molar-refractivity contribution in [1.82, 2.24) is 10.4 Å². The van der Waals surface area contributed by atoms with Crippen molar-refractivity contribution in [3.8, 4) is 0 Å². The summed E-state index contributed by atoms with van der Waals surface area (Å²) >= 11 is 0. The van der Waals surface area contributed by atoms with Crippen LogP contribution in [0.3, 0.4) is 0 Å². The van der Waals surface area contributed by atoms with Gasteiger partial charge in [-0.3, -0.25) is 0 Å². The first-order valence-electron chi connectivity index (χ1n) is 5.33. The van der Waals surface area contributed by atoms with Gasteiger partial charge in [0.1, 0.15) is 0 Å². The van der Waals surface area contributed by atoms with Crippen LogP contribution in [0.15, 0.2) is 24.3 Å². The molecular formula is C12H18N2O. The van der Waals surface area contributed by atoms with Crippen molar-refractivity contribution in [1.29, 1.82) is 0 Å². The molecule has 0 atom stereocenters. The van der Waals surface area contributed by atoms with Crippen LogP contribution in [0.2, 0.25) is 0 Å². The van der Waals surface area contributed by atoms with Gasteiger partial charge >= 0.3 is 0 Å². The summed E-state index contributed by atoms with van der Waals surface area (Å²) in [5.41, 5.74) is 5.71. The molecule has 15 heavy (non-hydrogen) atoms. The minimum absolute atomic E-state index is 0.699. The summed E-state index contributed by atoms with van der Waals surface area (Å²) in [4.78, 5) is 7.23. The molecule has 1 N–H and O–H groups in total. The van der Waals surface area contributed by atoms with E-state index < -0.39 is 0 Å². The smallest absolute Gasteiger partial charge is 0.0572 e. The molecule has 1 aromatic rings. The van der Waals surface area contributed by atoms with Crippen molar-refractivity contribution >= 4 is 0 Å². The monoisotopic (exact) mass is 206 g/mol. The normalized spacial score (nSPS) is 17.7. The maximum absolute atomic E-state index is 4.89. The number of nitrogens with one attached hydrogen (secondary N) is 1. The number of hydrogen-bond acceptors (Lipinski definition) is 3. The van der Waals surface area contributed by atoms with Crippen molar-refractivity contribution in [3.63, 3.8) is 0 Å². The maximum atomic E-state index is 4.89. The highest BCUT2D eigenvalue weighted by Gasteiger charge is 2.26. The summed E-state index contributed by atoms with van der Waals surface area (Å²) < 4.78 is 0. The summed E-state index contributed by atoms with van der Waals surface area (Å²) in [6.07, 6.45) is 0. The van der Waals surface area contributed by atoms with Gasteiger partial charge in [0.2, 0.25) is 0 Å². The second kappa shape index (κ2) is 4.75. The Morgan fingerprint density at radius 3 is 2.80 bits per heavy atom. The lowest BCUT2D eigenvalue weighted by Gasteiger charge is -2.37. The molecule has 0 unspecified atom stereocenters. The molecule has 0 spiro atoms. The van der Waals surface area contributed by atoms with Crippen LogP contribution in [0, 0.1) is 0 Å². The Bertz CT molecular complexity index is 321. The number of likely N-dealkylation sites (tertiary alicyclic amines) is 1. The Morgan fingerprint density at radius 1 is 1.40 bits per heavy atom. The van der Waals surface area contributed by atoms with Gasteiger partial charge in [0, 0.05) is 25.6 Å². The minimum Gasteiger partial charge on any atom is -0.305 e. The van der Waals surface area contributed by atoms with Crippen LogP contribution in [0.5, 0.6) is 0 Å². The van der Waals surface area contributed by atoms with Crippen LogP contribution in [0.1, 0.15) is 17.0 Å². The molecule has 0 amide bonds. The summed E-state index contributed by atoms with van der Waals surface area (Å²) in [5.74, 6) is 0.699. The molecule has 82 valence electrons. The third-order valence-electron chi connectivity index (χ3n) is 2.97. The maximum Gasteiger partial charge on any atom is 0.0572 e. The Hall–Kier alpha value is -0.900. The molecule has 0 saturated carbocycles. The van der Waals surface area contributed by atoms with Crippen molar-refractivity contribution in [2.45, 2.75) is 12.5 Å². The second-order valence-corrected chi connectivity index (χ2v) is 4.14. The van der Waals surface area contributed by atoms with Gasteiger partial charge in [0.25, 0.3) is 0 Å². The van der Waals surface area contributed by atoms with E-state index in [9.17, 15) is 0 Å². The van der Waals surface area contributed by atoms with E-state index in [1.54, 1.807) is 7.11 Å². The van der Waals surface area contributed by atoms with E-state index >= 15 is 0 Å². The summed E-state index contributed by atoms with van der Waals surface area (Å²) in [5, 5.41) is 0. The van der Waals surface area contributed by atoms with E-state index in [1.807, 2.05) is 0 Å². The fourth-order valence-corrected chi connectivity index (χ4v) is 2.14. The lowest BCUT2D eigenvalue weighted by molar-refractivity contribution is 0.0860. The van der Waals surface area contributed by atoms with Crippen LogP contribution >= 0.6 is 0 Å². The molecule has 1 heterocycles. The number of rotatable bonds is 4. The fraction of sp³-hybridized carbons (Fsp3) is 0.500. The lowest BCUT2D eigenvalue weighted by atomic mass is 9.88. The van der Waals surface area contributed by atoms with Gasteiger partial charge in [-0.15, -0.1) is 0 Å². The van der Waals surface area contributed by atoms with Crippen molar-refractivity contribution in [3.05, 3.63) is 35.4 Å². The second-order valence-electron chi connectivity index (χ2n) is 4.14. The molecule has 0 bridgehead atoms. The van der Waals surface area contributed by atoms with Gasteiger partial charge in [-0.1, -0.05) is 24.3 Å². The van der Waals surface area contributed by atoms with Gasteiger partial charge in [0.05, 0.1) is 7.11 Å². The number of nitrogens with zero attached hydrogens (tertiary/aromatic N) is 1. The van der Waals surface area contributed by atoms with E-state index in [0.29, 0.717) is 5.92 Å². The fourth-order valence-electron chi connectivity index (χ4n) is 2.14. The Labute approximate surface area is 91.0 Å². The molecule has 0 aromatic heterocycles. The van der Waals surface area contributed by atoms with Gasteiger partial charge in [-0.2, -0.15) is 5.48 Å². The van der Waals surface area contributed by atoms with Gasteiger partial charge < -0.3 is 9.74 Å². The quantitative estimate of drug-likeness (QED) is 0.753. The van der Waals surface area contributed by atoms with Crippen LogP contribution in [-0.2, 0) is 11.4 Å². The molecule has 1 fully saturated rings. The van der Waals surface area contributed by atoms with E-state index in [2.05, 4.69) is 41.7 Å². The highest BCUT2D eigenvalue weighted by molar-refractivity contribution is 5.32. The van der Waals surface area contributed by atoms with Crippen molar-refractivity contribution < 1.29 is 4.84 Å². The zero-order chi connectivity index (χ0) is 10.7. The number of likely N-dealkylation sites (N-methyl/N-ethyl adjacent to an activating group) is 1. The van der Waals surface area contributed by atoms with E-state index in [1.165, 1.54) is 24.2 Å². The Balaban J connectivity index is 2.08. The van der Waals surface area contributed by atoms with Crippen LogP contribution in [-0.4, -0.2) is 32.1 Å². The molecule has 1 aliphatic rings. The molecule has 1 aromatic carbocycles. The largest absolute Gasteiger partial charge is 0.305 e. The first-order valence-corrected chi connectivity index (χ1v) is 5.33. The SMILES string of the molecule is CONCc1ccccc1C1CN(C)C1. The summed E-state index contributed by atoms with van der Waals surface area (Å²) in [6, 6.07) is 8.59. The third-order valence-corrected chi connectivity index (χ3v) is 2.97. The Kier molecular flexibility index (Phi) is 3.36. The highest BCUT2D eigenvalue weighted by atomic mass is 16.6.